The van der Waals surface area contributed by atoms with Crippen molar-refractivity contribution in [1.29, 1.82) is 0 Å². The lowest BCUT2D eigenvalue weighted by Gasteiger charge is -2.08. The topological polar surface area (TPSA) is 52.5 Å². The summed E-state index contributed by atoms with van der Waals surface area (Å²) in [6.07, 6.45) is 19.2. The molecular weight excluding hydrogens is 296 g/mol. The first-order valence-electron chi connectivity index (χ1n) is 8.42. The number of H-pyrrole nitrogens is 1. The van der Waals surface area contributed by atoms with Crippen molar-refractivity contribution in [3.8, 4) is 0 Å². The second kappa shape index (κ2) is 5.42. The van der Waals surface area contributed by atoms with Crippen LogP contribution in [0.1, 0.15) is 12.8 Å². The third-order valence-electron chi connectivity index (χ3n) is 4.66. The molecule has 0 unspecified atom stereocenters. The minimum Gasteiger partial charge on any atom is -0.355 e. The Morgan fingerprint density at radius 1 is 0.750 bits per heavy atom. The number of aliphatic imine (C=N–C) groups is 2. The normalized spacial score (nSPS) is 27.2. The summed E-state index contributed by atoms with van der Waals surface area (Å²) in [6.45, 7) is 0. The summed E-state index contributed by atoms with van der Waals surface area (Å²) in [5.41, 5.74) is 4.05. The number of aromatic amines is 1. The third kappa shape index (κ3) is 2.65. The van der Waals surface area contributed by atoms with Crippen LogP contribution in [0.4, 0.5) is 0 Å². The Morgan fingerprint density at radius 3 is 1.83 bits per heavy atom. The molecule has 1 saturated heterocycles. The maximum absolute atomic E-state index is 4.70. The molecule has 0 saturated carbocycles. The van der Waals surface area contributed by atoms with Crippen LogP contribution in [0.2, 0.25) is 0 Å². The lowest BCUT2D eigenvalue weighted by atomic mass is 10.1. The van der Waals surface area contributed by atoms with Gasteiger partial charge >= 0.3 is 0 Å². The van der Waals surface area contributed by atoms with Gasteiger partial charge in [-0.1, -0.05) is 0 Å². The molecular formula is C20H18N4. The average Bonchev–Trinajstić information content (AvgIpc) is 3.32. The number of rotatable bonds is 0. The van der Waals surface area contributed by atoms with Crippen LogP contribution >= 0.6 is 0 Å². The first kappa shape index (κ1) is 13.7. The lowest BCUT2D eigenvalue weighted by molar-refractivity contribution is 0.666. The maximum Gasteiger partial charge on any atom is 0.0658 e. The molecule has 0 aliphatic carbocycles. The van der Waals surface area contributed by atoms with E-state index in [2.05, 4.69) is 71.0 Å². The van der Waals surface area contributed by atoms with Crippen LogP contribution in [-0.2, 0) is 0 Å². The summed E-state index contributed by atoms with van der Waals surface area (Å²) < 4.78 is 0. The van der Waals surface area contributed by atoms with E-state index in [1.165, 1.54) is 0 Å². The Bertz CT molecular complexity index is 916. The fourth-order valence-corrected chi connectivity index (χ4v) is 3.53. The molecule has 118 valence electrons. The highest BCUT2D eigenvalue weighted by atomic mass is 15.0. The first-order chi connectivity index (χ1) is 11.8. The SMILES string of the molecule is C1=CC2=NC1=C[C@@H]1CC[C@H](C=C3C=CC(=N3)C=c3ccc([nH]3)=C2)N1. The molecule has 5 heterocycles. The van der Waals surface area contributed by atoms with Gasteiger partial charge in [0.15, 0.2) is 0 Å². The van der Waals surface area contributed by atoms with E-state index in [1.807, 2.05) is 0 Å². The Kier molecular flexibility index (Phi) is 3.10. The number of hydrogen-bond acceptors (Lipinski definition) is 3. The Labute approximate surface area is 140 Å². The van der Waals surface area contributed by atoms with Gasteiger partial charge in [-0.25, -0.2) is 9.98 Å². The van der Waals surface area contributed by atoms with Gasteiger partial charge in [0.05, 0.1) is 22.8 Å². The van der Waals surface area contributed by atoms with Crippen molar-refractivity contribution in [2.45, 2.75) is 24.9 Å². The fraction of sp³-hybridized carbons (Fsp3) is 0.200. The summed E-state index contributed by atoms with van der Waals surface area (Å²) in [7, 11) is 0. The van der Waals surface area contributed by atoms with Gasteiger partial charge in [0, 0.05) is 22.8 Å². The number of fused-ring (bicyclic) bond motifs is 6. The van der Waals surface area contributed by atoms with Gasteiger partial charge in [0.2, 0.25) is 0 Å². The lowest BCUT2D eigenvalue weighted by Crippen LogP contribution is -2.26. The van der Waals surface area contributed by atoms with Crippen molar-refractivity contribution >= 4 is 23.6 Å². The van der Waals surface area contributed by atoms with Crippen molar-refractivity contribution in [2.75, 3.05) is 0 Å². The van der Waals surface area contributed by atoms with Gasteiger partial charge in [-0.15, -0.1) is 0 Å². The molecule has 0 aromatic carbocycles. The molecule has 4 heteroatoms. The van der Waals surface area contributed by atoms with Gasteiger partial charge in [-0.05, 0) is 73.6 Å². The standard InChI is InChI=1S/C20H18N4/c1-2-14-10-16-5-6-18(23-16)12-20-8-7-19(24-20)11-17-4-3-15(22-17)9-13(1)21-14/h1-6,9-12,19-21,24H,7-8H2/t19-,20+. The number of allylic oxidation sites excluding steroid dienone is 4. The Balaban J connectivity index is 1.63. The smallest absolute Gasteiger partial charge is 0.0658 e. The quantitative estimate of drug-likeness (QED) is 0.749. The molecule has 2 atom stereocenters. The van der Waals surface area contributed by atoms with Gasteiger partial charge in [0.25, 0.3) is 0 Å². The average molecular weight is 314 g/mol. The van der Waals surface area contributed by atoms with Crippen LogP contribution in [-0.4, -0.2) is 28.5 Å². The zero-order chi connectivity index (χ0) is 15.9. The second-order valence-electron chi connectivity index (χ2n) is 6.54. The van der Waals surface area contributed by atoms with E-state index in [0.29, 0.717) is 12.1 Å². The minimum atomic E-state index is 0.375. The van der Waals surface area contributed by atoms with Crippen molar-refractivity contribution in [3.63, 3.8) is 0 Å². The molecule has 0 amide bonds. The molecule has 4 aliphatic rings. The van der Waals surface area contributed by atoms with Crippen molar-refractivity contribution in [3.05, 3.63) is 70.7 Å². The van der Waals surface area contributed by atoms with E-state index in [-0.39, 0.29) is 0 Å². The monoisotopic (exact) mass is 314 g/mol. The van der Waals surface area contributed by atoms with Crippen molar-refractivity contribution in [2.24, 2.45) is 9.98 Å². The highest BCUT2D eigenvalue weighted by Gasteiger charge is 2.22. The van der Waals surface area contributed by atoms with Crippen LogP contribution in [0.3, 0.4) is 0 Å². The molecule has 24 heavy (non-hydrogen) atoms. The molecule has 8 bridgehead atoms. The molecule has 1 aromatic rings. The molecule has 1 aromatic heterocycles. The van der Waals surface area contributed by atoms with E-state index in [4.69, 9.17) is 9.98 Å². The van der Waals surface area contributed by atoms with Crippen LogP contribution in [0.5, 0.6) is 0 Å². The van der Waals surface area contributed by atoms with Gasteiger partial charge < -0.3 is 10.3 Å². The minimum absolute atomic E-state index is 0.375. The molecule has 4 nitrogen and oxygen atoms in total. The summed E-state index contributed by atoms with van der Waals surface area (Å²) in [4.78, 5) is 12.8. The summed E-state index contributed by atoms with van der Waals surface area (Å²) >= 11 is 0. The van der Waals surface area contributed by atoms with Crippen LogP contribution in [0, 0.1) is 0 Å². The van der Waals surface area contributed by atoms with E-state index < -0.39 is 0 Å². The molecule has 0 radical (unpaired) electrons. The number of nitrogens with one attached hydrogen (secondary N) is 2. The summed E-state index contributed by atoms with van der Waals surface area (Å²) in [6, 6.07) is 4.89. The third-order valence-corrected chi connectivity index (χ3v) is 4.66. The maximum atomic E-state index is 4.70. The van der Waals surface area contributed by atoms with Crippen LogP contribution in [0.15, 0.2) is 70.0 Å². The number of aromatic nitrogens is 1. The van der Waals surface area contributed by atoms with Gasteiger partial charge in [0.1, 0.15) is 0 Å². The van der Waals surface area contributed by atoms with Gasteiger partial charge in [-0.3, -0.25) is 0 Å². The highest BCUT2D eigenvalue weighted by molar-refractivity contribution is 6.20. The van der Waals surface area contributed by atoms with E-state index in [0.717, 1.165) is 46.4 Å². The zero-order valence-corrected chi connectivity index (χ0v) is 13.2. The first-order valence-corrected chi connectivity index (χ1v) is 8.42. The highest BCUT2D eigenvalue weighted by Crippen LogP contribution is 2.21. The van der Waals surface area contributed by atoms with E-state index >= 15 is 0 Å². The van der Waals surface area contributed by atoms with Crippen LogP contribution < -0.4 is 16.0 Å². The summed E-state index contributed by atoms with van der Waals surface area (Å²) in [5, 5.41) is 5.76. The predicted octanol–water partition coefficient (Wildman–Crippen LogP) is 1.50. The van der Waals surface area contributed by atoms with Gasteiger partial charge in [-0.2, -0.15) is 0 Å². The largest absolute Gasteiger partial charge is 0.355 e. The van der Waals surface area contributed by atoms with Crippen LogP contribution in [0.25, 0.3) is 12.2 Å². The molecule has 2 N–H and O–H groups in total. The predicted molar refractivity (Wildman–Crippen MR) is 98.2 cm³/mol. The number of nitrogens with zero attached hydrogens (tertiary/aromatic N) is 2. The summed E-state index contributed by atoms with van der Waals surface area (Å²) in [5.74, 6) is 0. The molecule has 4 aliphatic heterocycles. The molecule has 5 rings (SSSR count). The number of hydrogen-bond donors (Lipinski definition) is 2. The Morgan fingerprint density at radius 2 is 1.29 bits per heavy atom. The fourth-order valence-electron chi connectivity index (χ4n) is 3.53. The van der Waals surface area contributed by atoms with Crippen molar-refractivity contribution in [1.82, 2.24) is 10.3 Å². The Hall–Kier alpha value is -2.72. The second-order valence-corrected chi connectivity index (χ2v) is 6.54. The van der Waals surface area contributed by atoms with Crippen molar-refractivity contribution < 1.29 is 0 Å². The van der Waals surface area contributed by atoms with E-state index in [1.54, 1.807) is 0 Å². The zero-order valence-electron chi connectivity index (χ0n) is 13.2. The van der Waals surface area contributed by atoms with E-state index in [9.17, 15) is 0 Å². The molecule has 1 fully saturated rings. The molecule has 0 spiro atoms.